The predicted molar refractivity (Wildman–Crippen MR) is 103 cm³/mol. The molecule has 1 N–H and O–H groups in total. The second kappa shape index (κ2) is 7.32. The standard InChI is InChI=1S/C20H18ClN3O3/c1-13-15(12-22-24(13)14-6-3-2-4-7-14)20(25)23-17-11-19-18(10-16(17)21)26-8-5-9-27-19/h2-4,6-7,10-12H,5,8-9H2,1H3,(H,23,25). The summed E-state index contributed by atoms with van der Waals surface area (Å²) in [6.45, 7) is 2.99. The Hall–Kier alpha value is -2.99. The van der Waals surface area contributed by atoms with Crippen LogP contribution in [0.4, 0.5) is 5.69 Å². The molecule has 0 atom stereocenters. The van der Waals surface area contributed by atoms with Crippen LogP contribution >= 0.6 is 11.6 Å². The maximum atomic E-state index is 12.8. The normalized spacial score (nSPS) is 13.1. The van der Waals surface area contributed by atoms with Gasteiger partial charge in [0.2, 0.25) is 0 Å². The molecule has 0 saturated heterocycles. The number of hydrogen-bond donors (Lipinski definition) is 1. The van der Waals surface area contributed by atoms with Gasteiger partial charge in [0.1, 0.15) is 0 Å². The highest BCUT2D eigenvalue weighted by molar-refractivity contribution is 6.34. The van der Waals surface area contributed by atoms with Gasteiger partial charge in [0.05, 0.1) is 47.1 Å². The van der Waals surface area contributed by atoms with E-state index in [1.807, 2.05) is 37.3 Å². The van der Waals surface area contributed by atoms with Gasteiger partial charge in [-0.15, -0.1) is 0 Å². The molecule has 7 heteroatoms. The van der Waals surface area contributed by atoms with Crippen molar-refractivity contribution in [3.8, 4) is 17.2 Å². The Morgan fingerprint density at radius 3 is 2.59 bits per heavy atom. The van der Waals surface area contributed by atoms with Gasteiger partial charge in [-0.3, -0.25) is 4.79 Å². The predicted octanol–water partition coefficient (Wildman–Crippen LogP) is 4.25. The molecule has 0 unspecified atom stereocenters. The van der Waals surface area contributed by atoms with Crippen LogP contribution in [0.1, 0.15) is 22.5 Å². The van der Waals surface area contributed by atoms with Crippen molar-refractivity contribution in [3.63, 3.8) is 0 Å². The molecular formula is C20H18ClN3O3. The van der Waals surface area contributed by atoms with E-state index in [-0.39, 0.29) is 5.91 Å². The molecule has 2 heterocycles. The van der Waals surface area contributed by atoms with Crippen molar-refractivity contribution in [2.75, 3.05) is 18.5 Å². The van der Waals surface area contributed by atoms with Gasteiger partial charge in [-0.05, 0) is 19.1 Å². The Morgan fingerprint density at radius 2 is 1.85 bits per heavy atom. The maximum Gasteiger partial charge on any atom is 0.259 e. The molecule has 0 radical (unpaired) electrons. The van der Waals surface area contributed by atoms with E-state index in [0.717, 1.165) is 17.8 Å². The van der Waals surface area contributed by atoms with Crippen LogP contribution in [0, 0.1) is 6.92 Å². The molecule has 3 aromatic rings. The van der Waals surface area contributed by atoms with Crippen molar-refractivity contribution in [1.82, 2.24) is 9.78 Å². The highest BCUT2D eigenvalue weighted by Crippen LogP contribution is 2.37. The third kappa shape index (κ3) is 3.48. The van der Waals surface area contributed by atoms with Crippen LogP contribution in [0.25, 0.3) is 5.69 Å². The number of para-hydroxylation sites is 1. The molecule has 0 fully saturated rings. The Morgan fingerprint density at radius 1 is 1.15 bits per heavy atom. The summed E-state index contributed by atoms with van der Waals surface area (Å²) in [5, 5.41) is 7.56. The molecular weight excluding hydrogens is 366 g/mol. The summed E-state index contributed by atoms with van der Waals surface area (Å²) in [4.78, 5) is 12.8. The molecule has 1 aliphatic heterocycles. The molecule has 0 aliphatic carbocycles. The molecule has 1 aromatic heterocycles. The van der Waals surface area contributed by atoms with Gasteiger partial charge in [0, 0.05) is 18.6 Å². The minimum absolute atomic E-state index is 0.286. The van der Waals surface area contributed by atoms with Gasteiger partial charge in [0.25, 0.3) is 5.91 Å². The van der Waals surface area contributed by atoms with E-state index >= 15 is 0 Å². The molecule has 4 rings (SSSR count). The number of ether oxygens (including phenoxy) is 2. The second-order valence-corrected chi connectivity index (χ2v) is 6.58. The van der Waals surface area contributed by atoms with Gasteiger partial charge >= 0.3 is 0 Å². The Balaban J connectivity index is 1.60. The number of benzene rings is 2. The number of nitrogens with zero attached hydrogens (tertiary/aromatic N) is 2. The number of rotatable bonds is 3. The number of amides is 1. The fourth-order valence-electron chi connectivity index (χ4n) is 2.93. The zero-order valence-corrected chi connectivity index (χ0v) is 15.5. The van der Waals surface area contributed by atoms with Gasteiger partial charge in [-0.25, -0.2) is 4.68 Å². The van der Waals surface area contributed by atoms with E-state index in [2.05, 4.69) is 10.4 Å². The molecule has 0 bridgehead atoms. The summed E-state index contributed by atoms with van der Waals surface area (Å²) < 4.78 is 13.0. The van der Waals surface area contributed by atoms with Crippen LogP contribution < -0.4 is 14.8 Å². The lowest BCUT2D eigenvalue weighted by atomic mass is 10.2. The van der Waals surface area contributed by atoms with Gasteiger partial charge in [-0.2, -0.15) is 5.10 Å². The number of fused-ring (bicyclic) bond motifs is 1. The van der Waals surface area contributed by atoms with Crippen molar-refractivity contribution < 1.29 is 14.3 Å². The highest BCUT2D eigenvalue weighted by Gasteiger charge is 2.19. The SMILES string of the molecule is Cc1c(C(=O)Nc2cc3c(cc2Cl)OCCCO3)cnn1-c1ccccc1. The first-order valence-electron chi connectivity index (χ1n) is 8.64. The number of carbonyl (C=O) groups is 1. The van der Waals surface area contributed by atoms with Crippen molar-refractivity contribution in [3.05, 3.63) is 64.9 Å². The van der Waals surface area contributed by atoms with Crippen molar-refractivity contribution in [2.45, 2.75) is 13.3 Å². The summed E-state index contributed by atoms with van der Waals surface area (Å²) in [7, 11) is 0. The summed E-state index contributed by atoms with van der Waals surface area (Å²) in [6, 6.07) is 13.0. The van der Waals surface area contributed by atoms with Crippen LogP contribution in [0.5, 0.6) is 11.5 Å². The van der Waals surface area contributed by atoms with Crippen molar-refractivity contribution >= 4 is 23.2 Å². The van der Waals surface area contributed by atoms with E-state index in [0.29, 0.717) is 41.0 Å². The fraction of sp³-hybridized carbons (Fsp3) is 0.200. The molecule has 6 nitrogen and oxygen atoms in total. The Bertz CT molecular complexity index is 986. The molecule has 27 heavy (non-hydrogen) atoms. The lowest BCUT2D eigenvalue weighted by Crippen LogP contribution is -2.13. The van der Waals surface area contributed by atoms with Crippen LogP contribution in [0.3, 0.4) is 0 Å². The molecule has 0 spiro atoms. The Kier molecular flexibility index (Phi) is 4.73. The number of nitrogens with one attached hydrogen (secondary N) is 1. The fourth-order valence-corrected chi connectivity index (χ4v) is 3.13. The van der Waals surface area contributed by atoms with E-state index in [4.69, 9.17) is 21.1 Å². The third-order valence-electron chi connectivity index (χ3n) is 4.34. The van der Waals surface area contributed by atoms with Crippen LogP contribution in [-0.4, -0.2) is 28.9 Å². The second-order valence-electron chi connectivity index (χ2n) is 6.17. The molecule has 138 valence electrons. The van der Waals surface area contributed by atoms with Crippen LogP contribution in [0.2, 0.25) is 5.02 Å². The zero-order valence-electron chi connectivity index (χ0n) is 14.7. The maximum absolute atomic E-state index is 12.8. The zero-order chi connectivity index (χ0) is 18.8. The van der Waals surface area contributed by atoms with E-state index in [1.165, 1.54) is 0 Å². The monoisotopic (exact) mass is 383 g/mol. The smallest absolute Gasteiger partial charge is 0.259 e. The average molecular weight is 384 g/mol. The number of aromatic nitrogens is 2. The minimum atomic E-state index is -0.286. The van der Waals surface area contributed by atoms with Gasteiger partial charge in [-0.1, -0.05) is 29.8 Å². The summed E-state index contributed by atoms with van der Waals surface area (Å²) in [6.07, 6.45) is 2.35. The van der Waals surface area contributed by atoms with Crippen LogP contribution in [-0.2, 0) is 0 Å². The number of carbonyl (C=O) groups excluding carboxylic acids is 1. The highest BCUT2D eigenvalue weighted by atomic mass is 35.5. The lowest BCUT2D eigenvalue weighted by molar-refractivity contribution is 0.102. The molecule has 0 saturated carbocycles. The lowest BCUT2D eigenvalue weighted by Gasteiger charge is -2.12. The summed E-state index contributed by atoms with van der Waals surface area (Å²) in [5.74, 6) is 0.874. The van der Waals surface area contributed by atoms with E-state index < -0.39 is 0 Å². The van der Waals surface area contributed by atoms with Gasteiger partial charge < -0.3 is 14.8 Å². The number of hydrogen-bond acceptors (Lipinski definition) is 4. The molecule has 2 aromatic carbocycles. The number of anilines is 1. The largest absolute Gasteiger partial charge is 0.490 e. The first-order valence-corrected chi connectivity index (χ1v) is 9.02. The van der Waals surface area contributed by atoms with Crippen LogP contribution in [0.15, 0.2) is 48.7 Å². The Labute approximate surface area is 161 Å². The average Bonchev–Trinajstić information content (AvgIpc) is 2.91. The van der Waals surface area contributed by atoms with Crippen molar-refractivity contribution in [1.29, 1.82) is 0 Å². The first-order chi connectivity index (χ1) is 13.1. The van der Waals surface area contributed by atoms with E-state index in [1.54, 1.807) is 23.0 Å². The van der Waals surface area contributed by atoms with Crippen molar-refractivity contribution in [2.24, 2.45) is 0 Å². The molecule has 1 aliphatic rings. The summed E-state index contributed by atoms with van der Waals surface area (Å²) in [5.41, 5.74) is 2.58. The third-order valence-corrected chi connectivity index (χ3v) is 4.65. The van der Waals surface area contributed by atoms with E-state index in [9.17, 15) is 4.79 Å². The minimum Gasteiger partial charge on any atom is -0.490 e. The molecule has 1 amide bonds. The quantitative estimate of drug-likeness (QED) is 0.734. The van der Waals surface area contributed by atoms with Gasteiger partial charge in [0.15, 0.2) is 11.5 Å². The summed E-state index contributed by atoms with van der Waals surface area (Å²) >= 11 is 6.32. The first kappa shape index (κ1) is 17.4. The number of halogens is 1. The topological polar surface area (TPSA) is 65.4 Å².